The van der Waals surface area contributed by atoms with Crippen LogP contribution in [-0.4, -0.2) is 39.0 Å². The molecule has 1 saturated heterocycles. The molecule has 2 heterocycles. The van der Waals surface area contributed by atoms with Crippen molar-refractivity contribution in [1.29, 1.82) is 0 Å². The van der Waals surface area contributed by atoms with E-state index in [2.05, 4.69) is 10.2 Å². The highest BCUT2D eigenvalue weighted by Gasteiger charge is 2.26. The Morgan fingerprint density at radius 3 is 2.71 bits per heavy atom. The molecule has 0 atom stereocenters. The molecule has 1 fully saturated rings. The van der Waals surface area contributed by atoms with Gasteiger partial charge in [-0.25, -0.2) is 0 Å². The number of nitrogens with zero attached hydrogens (tertiary/aromatic N) is 4. The van der Waals surface area contributed by atoms with E-state index >= 15 is 0 Å². The molecule has 1 aromatic rings. The number of hydrogen-bond acceptors (Lipinski definition) is 6. The lowest BCUT2D eigenvalue weighted by atomic mass is 9.97. The molecule has 0 aromatic carbocycles. The number of aliphatic carboxylic acids is 1. The monoisotopic (exact) mass is 239 g/mol. The Morgan fingerprint density at radius 1 is 1.47 bits per heavy atom. The van der Waals surface area contributed by atoms with Gasteiger partial charge in [0.2, 0.25) is 5.95 Å². The van der Waals surface area contributed by atoms with Gasteiger partial charge in [-0.15, -0.1) is 10.2 Å². The minimum Gasteiger partial charge on any atom is -0.481 e. The molecule has 8 heteroatoms. The van der Waals surface area contributed by atoms with Crippen LogP contribution in [0.4, 0.5) is 5.95 Å². The number of nitrogens with two attached hydrogens (primary N) is 1. The summed E-state index contributed by atoms with van der Waals surface area (Å²) in [6, 6.07) is 0. The Bertz CT molecular complexity index is 478. The molecule has 1 aromatic heterocycles. The van der Waals surface area contributed by atoms with Crippen LogP contribution in [0.25, 0.3) is 0 Å². The van der Waals surface area contributed by atoms with Crippen LogP contribution < -0.4 is 16.3 Å². The van der Waals surface area contributed by atoms with E-state index in [1.54, 1.807) is 4.90 Å². The second-order valence-corrected chi connectivity index (χ2v) is 3.95. The summed E-state index contributed by atoms with van der Waals surface area (Å²) >= 11 is 0. The molecule has 17 heavy (non-hydrogen) atoms. The molecule has 3 N–H and O–H groups in total. The molecule has 0 bridgehead atoms. The number of carboxylic acids is 1. The van der Waals surface area contributed by atoms with Crippen molar-refractivity contribution in [3.05, 3.63) is 16.6 Å². The SMILES string of the molecule is Nn1c(N2CCC(C(=O)O)CC2)nncc1=O. The number of aromatic nitrogens is 3. The fourth-order valence-electron chi connectivity index (χ4n) is 1.88. The van der Waals surface area contributed by atoms with Crippen molar-refractivity contribution in [2.45, 2.75) is 12.8 Å². The minimum atomic E-state index is -0.783. The summed E-state index contributed by atoms with van der Waals surface area (Å²) in [4.78, 5) is 23.8. The first-order valence-corrected chi connectivity index (χ1v) is 5.27. The maximum atomic E-state index is 11.3. The van der Waals surface area contributed by atoms with Crippen molar-refractivity contribution in [2.24, 2.45) is 5.92 Å². The van der Waals surface area contributed by atoms with Gasteiger partial charge in [0.1, 0.15) is 6.20 Å². The van der Waals surface area contributed by atoms with E-state index in [0.29, 0.717) is 25.9 Å². The van der Waals surface area contributed by atoms with Crippen LogP contribution in [0.5, 0.6) is 0 Å². The second kappa shape index (κ2) is 4.40. The zero-order valence-corrected chi connectivity index (χ0v) is 9.11. The minimum absolute atomic E-state index is 0.279. The van der Waals surface area contributed by atoms with Crippen molar-refractivity contribution in [3.8, 4) is 0 Å². The summed E-state index contributed by atoms with van der Waals surface area (Å²) in [6.07, 6.45) is 2.06. The first-order chi connectivity index (χ1) is 8.09. The molecule has 1 aliphatic rings. The zero-order chi connectivity index (χ0) is 12.4. The Hall–Kier alpha value is -2.12. The van der Waals surface area contributed by atoms with E-state index < -0.39 is 11.5 Å². The van der Waals surface area contributed by atoms with Crippen molar-refractivity contribution in [3.63, 3.8) is 0 Å². The summed E-state index contributed by atoms with van der Waals surface area (Å²) in [7, 11) is 0. The topological polar surface area (TPSA) is 114 Å². The van der Waals surface area contributed by atoms with Gasteiger partial charge in [0, 0.05) is 13.1 Å². The summed E-state index contributed by atoms with van der Waals surface area (Å²) in [5.74, 6) is 4.71. The van der Waals surface area contributed by atoms with E-state index in [4.69, 9.17) is 10.9 Å². The van der Waals surface area contributed by atoms with Gasteiger partial charge in [-0.05, 0) is 12.8 Å². The highest BCUT2D eigenvalue weighted by molar-refractivity contribution is 5.70. The summed E-state index contributed by atoms with van der Waals surface area (Å²) in [5.41, 5.74) is -0.435. The third-order valence-electron chi connectivity index (χ3n) is 2.90. The smallest absolute Gasteiger partial charge is 0.306 e. The predicted molar refractivity (Wildman–Crippen MR) is 59.0 cm³/mol. The molecular weight excluding hydrogens is 226 g/mol. The second-order valence-electron chi connectivity index (χ2n) is 3.95. The van der Waals surface area contributed by atoms with E-state index in [-0.39, 0.29) is 11.9 Å². The van der Waals surface area contributed by atoms with Crippen LogP contribution >= 0.6 is 0 Å². The van der Waals surface area contributed by atoms with Crippen LogP contribution in [0.1, 0.15) is 12.8 Å². The lowest BCUT2D eigenvalue weighted by Crippen LogP contribution is -2.42. The van der Waals surface area contributed by atoms with Crippen LogP contribution in [0.15, 0.2) is 11.0 Å². The Labute approximate surface area is 96.6 Å². The van der Waals surface area contributed by atoms with Crippen molar-refractivity contribution < 1.29 is 9.90 Å². The molecule has 0 amide bonds. The lowest BCUT2D eigenvalue weighted by Gasteiger charge is -2.30. The molecule has 0 spiro atoms. The van der Waals surface area contributed by atoms with Crippen LogP contribution in [0.2, 0.25) is 0 Å². The number of piperidine rings is 1. The molecule has 0 radical (unpaired) electrons. The van der Waals surface area contributed by atoms with Gasteiger partial charge in [-0.3, -0.25) is 9.59 Å². The maximum absolute atomic E-state index is 11.3. The van der Waals surface area contributed by atoms with Crippen molar-refractivity contribution in [1.82, 2.24) is 14.9 Å². The van der Waals surface area contributed by atoms with E-state index in [0.717, 1.165) is 10.9 Å². The summed E-state index contributed by atoms with van der Waals surface area (Å²) in [5, 5.41) is 16.2. The Morgan fingerprint density at radius 2 is 2.12 bits per heavy atom. The van der Waals surface area contributed by atoms with Gasteiger partial charge < -0.3 is 15.8 Å². The standard InChI is InChI=1S/C9H13N5O3/c10-14-7(15)5-11-12-9(14)13-3-1-6(2-4-13)8(16)17/h5-6H,1-4,10H2,(H,16,17). The van der Waals surface area contributed by atoms with Crippen molar-refractivity contribution in [2.75, 3.05) is 23.8 Å². The van der Waals surface area contributed by atoms with Crippen LogP contribution in [0, 0.1) is 5.92 Å². The number of rotatable bonds is 2. The molecular formula is C9H13N5O3. The molecule has 2 rings (SSSR count). The predicted octanol–water partition coefficient (Wildman–Crippen LogP) is -1.35. The first kappa shape index (κ1) is 11.4. The van der Waals surface area contributed by atoms with Gasteiger partial charge in [-0.2, -0.15) is 4.68 Å². The third kappa shape index (κ3) is 2.19. The molecule has 92 valence electrons. The van der Waals surface area contributed by atoms with E-state index in [9.17, 15) is 9.59 Å². The highest BCUT2D eigenvalue weighted by atomic mass is 16.4. The third-order valence-corrected chi connectivity index (χ3v) is 2.90. The molecule has 1 aliphatic heterocycles. The highest BCUT2D eigenvalue weighted by Crippen LogP contribution is 2.20. The average molecular weight is 239 g/mol. The first-order valence-electron chi connectivity index (χ1n) is 5.27. The van der Waals surface area contributed by atoms with E-state index in [1.165, 1.54) is 0 Å². The molecule has 8 nitrogen and oxygen atoms in total. The zero-order valence-electron chi connectivity index (χ0n) is 9.11. The Balaban J connectivity index is 2.13. The van der Waals surface area contributed by atoms with Gasteiger partial charge >= 0.3 is 5.97 Å². The lowest BCUT2D eigenvalue weighted by molar-refractivity contribution is -0.142. The molecule has 0 saturated carbocycles. The normalized spacial score (nSPS) is 17.1. The summed E-state index contributed by atoms with van der Waals surface area (Å²) < 4.78 is 0.925. The largest absolute Gasteiger partial charge is 0.481 e. The van der Waals surface area contributed by atoms with Gasteiger partial charge in [0.25, 0.3) is 5.56 Å². The Kier molecular flexibility index (Phi) is 2.94. The average Bonchev–Trinajstić information content (AvgIpc) is 2.33. The summed E-state index contributed by atoms with van der Waals surface area (Å²) in [6.45, 7) is 1.01. The molecule has 0 unspecified atom stereocenters. The number of carbonyl (C=O) groups is 1. The number of hydrogen-bond donors (Lipinski definition) is 2. The number of nitrogen functional groups attached to an aromatic ring is 1. The van der Waals surface area contributed by atoms with Gasteiger partial charge in [0.15, 0.2) is 0 Å². The number of carboxylic acid groups (broad SMARTS) is 1. The van der Waals surface area contributed by atoms with Crippen molar-refractivity contribution >= 4 is 11.9 Å². The van der Waals surface area contributed by atoms with Crippen LogP contribution in [0.3, 0.4) is 0 Å². The molecule has 0 aliphatic carbocycles. The van der Waals surface area contributed by atoms with Crippen LogP contribution in [-0.2, 0) is 4.79 Å². The quantitative estimate of drug-likeness (QED) is 0.613. The maximum Gasteiger partial charge on any atom is 0.306 e. The number of anilines is 1. The fraction of sp³-hybridized carbons (Fsp3) is 0.556. The van der Waals surface area contributed by atoms with Gasteiger partial charge in [0.05, 0.1) is 5.92 Å². The fourth-order valence-corrected chi connectivity index (χ4v) is 1.88. The van der Waals surface area contributed by atoms with E-state index in [1.807, 2.05) is 0 Å². The van der Waals surface area contributed by atoms with Gasteiger partial charge in [-0.1, -0.05) is 0 Å².